The molecular weight excluding hydrogens is 274 g/mol. The smallest absolute Gasteiger partial charge is 0.321 e. The number of carboxylic acids is 1. The summed E-state index contributed by atoms with van der Waals surface area (Å²) in [6.45, 7) is 9.43. The number of carbonyl (C=O) groups is 1. The molecule has 1 aromatic rings. The largest absolute Gasteiger partial charge is 0.480 e. The van der Waals surface area contributed by atoms with Gasteiger partial charge in [0.15, 0.2) is 0 Å². The summed E-state index contributed by atoms with van der Waals surface area (Å²) in [5.74, 6) is -0.770. The van der Waals surface area contributed by atoms with Crippen LogP contribution in [0.3, 0.4) is 0 Å². The van der Waals surface area contributed by atoms with E-state index in [1.54, 1.807) is 0 Å². The Balaban J connectivity index is 2.95. The van der Waals surface area contributed by atoms with Gasteiger partial charge >= 0.3 is 5.97 Å². The Kier molecular flexibility index (Phi) is 7.61. The molecule has 0 aliphatic carbocycles. The van der Waals surface area contributed by atoms with Crippen LogP contribution >= 0.6 is 0 Å². The molecule has 1 rings (SSSR count). The number of nitrogens with zero attached hydrogens (tertiary/aromatic N) is 1. The average molecular weight is 301 g/mol. The molecule has 1 unspecified atom stereocenters. The van der Waals surface area contributed by atoms with Gasteiger partial charge in [-0.25, -0.2) is 0 Å². The van der Waals surface area contributed by atoms with Crippen molar-refractivity contribution in [2.75, 3.05) is 13.1 Å². The minimum atomic E-state index is -0.770. The molecule has 0 aromatic heterocycles. The van der Waals surface area contributed by atoms with E-state index in [0.29, 0.717) is 19.5 Å². The van der Waals surface area contributed by atoms with Crippen LogP contribution in [0.15, 0.2) is 53.6 Å². The van der Waals surface area contributed by atoms with E-state index in [4.69, 9.17) is 0 Å². The van der Waals surface area contributed by atoms with Gasteiger partial charge < -0.3 is 5.11 Å². The average Bonchev–Trinajstić information content (AvgIpc) is 2.46. The van der Waals surface area contributed by atoms with E-state index in [0.717, 1.165) is 5.56 Å². The summed E-state index contributed by atoms with van der Waals surface area (Å²) in [6.07, 6.45) is 4.68. The van der Waals surface area contributed by atoms with Crippen LogP contribution in [-0.4, -0.2) is 35.1 Å². The summed E-state index contributed by atoms with van der Waals surface area (Å²) in [7, 11) is 0. The second kappa shape index (κ2) is 9.21. The summed E-state index contributed by atoms with van der Waals surface area (Å²) < 4.78 is 0. The molecule has 0 heterocycles. The van der Waals surface area contributed by atoms with Crippen molar-refractivity contribution in [2.24, 2.45) is 0 Å². The van der Waals surface area contributed by atoms with E-state index in [1.807, 2.05) is 62.9 Å². The van der Waals surface area contributed by atoms with Gasteiger partial charge in [0.2, 0.25) is 0 Å². The van der Waals surface area contributed by atoms with Gasteiger partial charge in [0, 0.05) is 13.1 Å². The maximum atomic E-state index is 11.8. The van der Waals surface area contributed by atoms with Gasteiger partial charge in [-0.3, -0.25) is 9.69 Å². The minimum absolute atomic E-state index is 0.517. The van der Waals surface area contributed by atoms with Gasteiger partial charge in [0.1, 0.15) is 6.04 Å². The van der Waals surface area contributed by atoms with Crippen molar-refractivity contribution in [3.63, 3.8) is 0 Å². The van der Waals surface area contributed by atoms with Crippen LogP contribution in [0.2, 0.25) is 0 Å². The highest BCUT2D eigenvalue weighted by Crippen LogP contribution is 2.11. The first-order chi connectivity index (χ1) is 10.4. The maximum absolute atomic E-state index is 11.8. The molecular formula is C19H27NO2. The molecule has 0 saturated heterocycles. The number of aliphatic carboxylic acids is 1. The fraction of sp³-hybridized carbons (Fsp3) is 0.421. The third kappa shape index (κ3) is 6.72. The molecule has 0 radical (unpaired) electrons. The Bertz CT molecular complexity index is 504. The molecule has 1 aromatic carbocycles. The van der Waals surface area contributed by atoms with Gasteiger partial charge in [-0.05, 0) is 39.7 Å². The zero-order chi connectivity index (χ0) is 16.5. The van der Waals surface area contributed by atoms with Crippen molar-refractivity contribution in [2.45, 2.75) is 40.2 Å². The van der Waals surface area contributed by atoms with Crippen LogP contribution < -0.4 is 0 Å². The van der Waals surface area contributed by atoms with E-state index in [2.05, 4.69) is 12.2 Å². The zero-order valence-electron chi connectivity index (χ0n) is 14.0. The van der Waals surface area contributed by atoms with E-state index in [-0.39, 0.29) is 0 Å². The van der Waals surface area contributed by atoms with Crippen molar-refractivity contribution < 1.29 is 9.90 Å². The van der Waals surface area contributed by atoms with Crippen molar-refractivity contribution in [3.05, 3.63) is 59.2 Å². The highest BCUT2D eigenvalue weighted by atomic mass is 16.4. The number of allylic oxidation sites excluding steroid dienone is 2. The van der Waals surface area contributed by atoms with Crippen molar-refractivity contribution >= 4 is 5.97 Å². The van der Waals surface area contributed by atoms with E-state index < -0.39 is 12.0 Å². The van der Waals surface area contributed by atoms with E-state index >= 15 is 0 Å². The lowest BCUT2D eigenvalue weighted by Gasteiger charge is -2.27. The third-order valence-electron chi connectivity index (χ3n) is 3.47. The molecule has 3 nitrogen and oxygen atoms in total. The van der Waals surface area contributed by atoms with Gasteiger partial charge in [0.25, 0.3) is 0 Å². The number of hydrogen-bond donors (Lipinski definition) is 1. The Hall–Kier alpha value is -1.87. The van der Waals surface area contributed by atoms with E-state index in [9.17, 15) is 9.90 Å². The van der Waals surface area contributed by atoms with E-state index in [1.165, 1.54) is 11.1 Å². The lowest BCUT2D eigenvalue weighted by atomic mass is 10.0. The Morgan fingerprint density at radius 3 is 1.95 bits per heavy atom. The summed E-state index contributed by atoms with van der Waals surface area (Å²) in [5.41, 5.74) is 3.45. The minimum Gasteiger partial charge on any atom is -0.480 e. The number of hydrogen-bond acceptors (Lipinski definition) is 2. The van der Waals surface area contributed by atoms with Gasteiger partial charge in [-0.1, -0.05) is 53.6 Å². The molecule has 0 aliphatic rings. The molecule has 0 amide bonds. The molecule has 0 saturated carbocycles. The number of benzene rings is 1. The Morgan fingerprint density at radius 1 is 1.05 bits per heavy atom. The van der Waals surface area contributed by atoms with Crippen molar-refractivity contribution in [1.82, 2.24) is 4.90 Å². The molecule has 0 spiro atoms. The van der Waals surface area contributed by atoms with Crippen LogP contribution in [0.25, 0.3) is 0 Å². The summed E-state index contributed by atoms with van der Waals surface area (Å²) in [5, 5.41) is 9.65. The molecule has 22 heavy (non-hydrogen) atoms. The van der Waals surface area contributed by atoms with Crippen LogP contribution in [0, 0.1) is 0 Å². The highest BCUT2D eigenvalue weighted by Gasteiger charge is 2.24. The van der Waals surface area contributed by atoms with Crippen LogP contribution in [0.5, 0.6) is 0 Å². The first kappa shape index (κ1) is 18.2. The number of carboxylic acid groups (broad SMARTS) is 1. The zero-order valence-corrected chi connectivity index (χ0v) is 14.0. The first-order valence-electron chi connectivity index (χ1n) is 7.67. The predicted octanol–water partition coefficient (Wildman–Crippen LogP) is 3.92. The van der Waals surface area contributed by atoms with Crippen molar-refractivity contribution in [1.29, 1.82) is 0 Å². The normalized spacial score (nSPS) is 11.9. The topological polar surface area (TPSA) is 40.5 Å². The highest BCUT2D eigenvalue weighted by molar-refractivity contribution is 5.74. The molecule has 120 valence electrons. The third-order valence-corrected chi connectivity index (χ3v) is 3.47. The molecule has 1 N–H and O–H groups in total. The van der Waals surface area contributed by atoms with Gasteiger partial charge in [-0.15, -0.1) is 0 Å². The second-order valence-corrected chi connectivity index (χ2v) is 6.06. The molecule has 1 atom stereocenters. The molecule has 3 heteroatoms. The molecule has 0 bridgehead atoms. The van der Waals surface area contributed by atoms with Crippen LogP contribution in [-0.2, 0) is 11.2 Å². The summed E-state index contributed by atoms with van der Waals surface area (Å²) in [4.78, 5) is 13.8. The fourth-order valence-electron chi connectivity index (χ4n) is 2.14. The Labute approximate surface area is 134 Å². The lowest BCUT2D eigenvalue weighted by molar-refractivity contribution is -0.142. The number of rotatable bonds is 8. The van der Waals surface area contributed by atoms with Crippen molar-refractivity contribution in [3.8, 4) is 0 Å². The monoisotopic (exact) mass is 301 g/mol. The fourth-order valence-corrected chi connectivity index (χ4v) is 2.14. The molecule has 0 aliphatic heterocycles. The Morgan fingerprint density at radius 2 is 1.55 bits per heavy atom. The predicted molar refractivity (Wildman–Crippen MR) is 92.0 cm³/mol. The summed E-state index contributed by atoms with van der Waals surface area (Å²) >= 11 is 0. The van der Waals surface area contributed by atoms with Gasteiger partial charge in [0.05, 0.1) is 0 Å². The lowest BCUT2D eigenvalue weighted by Crippen LogP contribution is -2.43. The maximum Gasteiger partial charge on any atom is 0.321 e. The molecule has 0 fully saturated rings. The van der Waals surface area contributed by atoms with Crippen LogP contribution in [0.4, 0.5) is 0 Å². The second-order valence-electron chi connectivity index (χ2n) is 6.06. The first-order valence-corrected chi connectivity index (χ1v) is 7.67. The SMILES string of the molecule is CC(C)=CCN(CC=C(C)C)C(Cc1ccccc1)C(=O)O. The van der Waals surface area contributed by atoms with Crippen LogP contribution in [0.1, 0.15) is 33.3 Å². The van der Waals surface area contributed by atoms with Gasteiger partial charge in [-0.2, -0.15) is 0 Å². The summed E-state index contributed by atoms with van der Waals surface area (Å²) in [6, 6.07) is 9.29. The standard InChI is InChI=1S/C19H27NO2/c1-15(2)10-12-20(13-11-16(3)4)18(19(21)22)14-17-8-6-5-7-9-17/h5-11,18H,12-14H2,1-4H3,(H,21,22). The quantitative estimate of drug-likeness (QED) is 0.740.